The average Bonchev–Trinajstić information content (AvgIpc) is 2.29. The van der Waals surface area contributed by atoms with Crippen molar-refractivity contribution >= 4 is 27.3 Å². The van der Waals surface area contributed by atoms with Crippen molar-refractivity contribution in [1.29, 1.82) is 0 Å². The number of nitro groups is 1. The van der Waals surface area contributed by atoms with Crippen molar-refractivity contribution in [3.63, 3.8) is 0 Å². The Labute approximate surface area is 109 Å². The summed E-state index contributed by atoms with van der Waals surface area (Å²) in [6.45, 7) is 0.240. The number of hydrogen-bond donors (Lipinski definition) is 1. The Hall–Kier alpha value is -1.22. The van der Waals surface area contributed by atoms with Gasteiger partial charge in [0.1, 0.15) is 4.90 Å². The van der Waals surface area contributed by atoms with Crippen molar-refractivity contribution in [1.82, 2.24) is 4.72 Å². The average molecular weight is 295 g/mol. The van der Waals surface area contributed by atoms with E-state index in [2.05, 4.69) is 4.72 Å². The predicted octanol–water partition coefficient (Wildman–Crippen LogP) is 1.17. The van der Waals surface area contributed by atoms with Crippen LogP contribution in [0.1, 0.15) is 0 Å². The van der Waals surface area contributed by atoms with Gasteiger partial charge in [0.25, 0.3) is 5.69 Å². The third-order valence-electron chi connectivity index (χ3n) is 2.01. The van der Waals surface area contributed by atoms with Gasteiger partial charge in [0.2, 0.25) is 10.0 Å². The van der Waals surface area contributed by atoms with Crippen LogP contribution in [-0.4, -0.2) is 33.6 Å². The van der Waals surface area contributed by atoms with Gasteiger partial charge in [-0.1, -0.05) is 11.6 Å². The number of halogens is 1. The summed E-state index contributed by atoms with van der Waals surface area (Å²) >= 11 is 5.73. The second kappa shape index (κ2) is 6.10. The first-order valence-corrected chi connectivity index (χ1v) is 6.67. The fourth-order valence-electron chi connectivity index (χ4n) is 1.17. The van der Waals surface area contributed by atoms with Gasteiger partial charge < -0.3 is 4.74 Å². The zero-order chi connectivity index (χ0) is 13.8. The molecule has 1 aromatic rings. The Morgan fingerprint density at radius 1 is 1.50 bits per heavy atom. The molecular weight excluding hydrogens is 284 g/mol. The number of nitrogens with zero attached hydrogens (tertiary/aromatic N) is 1. The van der Waals surface area contributed by atoms with Crippen LogP contribution in [0.4, 0.5) is 5.69 Å². The summed E-state index contributed by atoms with van der Waals surface area (Å²) in [4.78, 5) is 9.56. The number of sulfonamides is 1. The second-order valence-corrected chi connectivity index (χ2v) is 5.40. The molecule has 100 valence electrons. The molecule has 0 spiro atoms. The van der Waals surface area contributed by atoms with Gasteiger partial charge >= 0.3 is 0 Å². The molecule has 0 saturated carbocycles. The molecule has 1 N–H and O–H groups in total. The van der Waals surface area contributed by atoms with Gasteiger partial charge in [-0.15, -0.1) is 0 Å². The zero-order valence-electron chi connectivity index (χ0n) is 9.42. The maximum absolute atomic E-state index is 11.8. The van der Waals surface area contributed by atoms with E-state index in [4.69, 9.17) is 16.3 Å². The Bertz CT molecular complexity index is 546. The Kier molecular flexibility index (Phi) is 5.03. The number of rotatable bonds is 6. The van der Waals surface area contributed by atoms with Crippen LogP contribution in [0.2, 0.25) is 5.02 Å². The Morgan fingerprint density at radius 3 is 2.72 bits per heavy atom. The van der Waals surface area contributed by atoms with Crippen molar-refractivity contribution in [3.8, 4) is 0 Å². The summed E-state index contributed by atoms with van der Waals surface area (Å²) in [6, 6.07) is 3.22. The van der Waals surface area contributed by atoms with Crippen molar-refractivity contribution in [2.45, 2.75) is 4.90 Å². The Balaban J connectivity index is 3.07. The molecule has 0 atom stereocenters. The summed E-state index contributed by atoms with van der Waals surface area (Å²) in [5, 5.41) is 10.5. The molecule has 0 unspecified atom stereocenters. The molecular formula is C9H11ClN2O5S. The quantitative estimate of drug-likeness (QED) is 0.482. The van der Waals surface area contributed by atoms with Crippen LogP contribution >= 0.6 is 11.6 Å². The molecule has 0 aromatic heterocycles. The number of hydrogen-bond acceptors (Lipinski definition) is 5. The lowest BCUT2D eigenvalue weighted by Gasteiger charge is -2.07. The minimum atomic E-state index is -3.89. The minimum absolute atomic E-state index is 0.0534. The molecule has 1 aromatic carbocycles. The van der Waals surface area contributed by atoms with E-state index in [1.54, 1.807) is 0 Å². The van der Waals surface area contributed by atoms with E-state index in [1.165, 1.54) is 13.2 Å². The third-order valence-corrected chi connectivity index (χ3v) is 3.96. The highest BCUT2D eigenvalue weighted by Crippen LogP contribution is 2.25. The summed E-state index contributed by atoms with van der Waals surface area (Å²) in [7, 11) is -2.46. The van der Waals surface area contributed by atoms with Gasteiger partial charge in [0.05, 0.1) is 16.6 Å². The van der Waals surface area contributed by atoms with E-state index in [9.17, 15) is 18.5 Å². The fraction of sp³-hybridized carbons (Fsp3) is 0.333. The maximum atomic E-state index is 11.8. The van der Waals surface area contributed by atoms with Crippen LogP contribution in [0.15, 0.2) is 23.1 Å². The smallest absolute Gasteiger partial charge is 0.270 e. The lowest BCUT2D eigenvalue weighted by atomic mass is 10.3. The molecule has 9 heteroatoms. The number of non-ortho nitro benzene ring substituents is 1. The lowest BCUT2D eigenvalue weighted by Crippen LogP contribution is -2.27. The highest BCUT2D eigenvalue weighted by atomic mass is 35.5. The number of methoxy groups -OCH3 is 1. The summed E-state index contributed by atoms with van der Waals surface area (Å²) in [6.07, 6.45) is 0. The van der Waals surface area contributed by atoms with Crippen molar-refractivity contribution < 1.29 is 18.1 Å². The first-order chi connectivity index (χ1) is 8.38. The molecule has 0 radical (unpaired) electrons. The summed E-state index contributed by atoms with van der Waals surface area (Å²) < 4.78 is 30.6. The van der Waals surface area contributed by atoms with Gasteiger partial charge in [-0.25, -0.2) is 13.1 Å². The second-order valence-electron chi connectivity index (χ2n) is 3.26. The van der Waals surface area contributed by atoms with E-state index in [0.29, 0.717) is 0 Å². The SMILES string of the molecule is COCCNS(=O)(=O)c1cc([N+](=O)[O-])ccc1Cl. The zero-order valence-corrected chi connectivity index (χ0v) is 11.0. The van der Waals surface area contributed by atoms with Gasteiger partial charge in [0.15, 0.2) is 0 Å². The van der Waals surface area contributed by atoms with Crippen LogP contribution in [0.5, 0.6) is 0 Å². The van der Waals surface area contributed by atoms with E-state index in [1.807, 2.05) is 0 Å². The summed E-state index contributed by atoms with van der Waals surface area (Å²) in [5.74, 6) is 0. The highest BCUT2D eigenvalue weighted by Gasteiger charge is 2.20. The van der Waals surface area contributed by atoms with Crippen LogP contribution in [0.3, 0.4) is 0 Å². The minimum Gasteiger partial charge on any atom is -0.383 e. The van der Waals surface area contributed by atoms with Crippen LogP contribution in [0.25, 0.3) is 0 Å². The molecule has 0 heterocycles. The standard InChI is InChI=1S/C9H11ClN2O5S/c1-17-5-4-11-18(15,16)9-6-7(12(13)14)2-3-8(9)10/h2-3,6,11H,4-5H2,1H3. The molecule has 0 fully saturated rings. The molecule has 1 rings (SSSR count). The monoisotopic (exact) mass is 294 g/mol. The predicted molar refractivity (Wildman–Crippen MR) is 65.2 cm³/mol. The molecule has 0 saturated heterocycles. The maximum Gasteiger partial charge on any atom is 0.270 e. The lowest BCUT2D eigenvalue weighted by molar-refractivity contribution is -0.385. The molecule has 0 aliphatic rings. The number of nitrogens with one attached hydrogen (secondary N) is 1. The van der Waals surface area contributed by atoms with E-state index < -0.39 is 14.9 Å². The van der Waals surface area contributed by atoms with Gasteiger partial charge in [-0.05, 0) is 6.07 Å². The molecule has 7 nitrogen and oxygen atoms in total. The topological polar surface area (TPSA) is 98.5 Å². The van der Waals surface area contributed by atoms with Gasteiger partial charge in [0, 0.05) is 25.8 Å². The molecule has 18 heavy (non-hydrogen) atoms. The highest BCUT2D eigenvalue weighted by molar-refractivity contribution is 7.89. The number of benzene rings is 1. The largest absolute Gasteiger partial charge is 0.383 e. The van der Waals surface area contributed by atoms with Crippen LogP contribution in [-0.2, 0) is 14.8 Å². The van der Waals surface area contributed by atoms with Crippen LogP contribution in [0, 0.1) is 10.1 Å². The van der Waals surface area contributed by atoms with Gasteiger partial charge in [-0.2, -0.15) is 0 Å². The molecule has 0 aliphatic heterocycles. The summed E-state index contributed by atoms with van der Waals surface area (Å²) in [5.41, 5.74) is -0.341. The number of nitro benzene ring substituents is 1. The van der Waals surface area contributed by atoms with Crippen molar-refractivity contribution in [2.24, 2.45) is 0 Å². The van der Waals surface area contributed by atoms with Gasteiger partial charge in [-0.3, -0.25) is 10.1 Å². The molecule has 0 amide bonds. The van der Waals surface area contributed by atoms with Crippen LogP contribution < -0.4 is 4.72 Å². The van der Waals surface area contributed by atoms with Crippen molar-refractivity contribution in [3.05, 3.63) is 33.3 Å². The normalized spacial score (nSPS) is 11.4. The molecule has 0 aliphatic carbocycles. The van der Waals surface area contributed by atoms with E-state index in [-0.39, 0.29) is 28.8 Å². The van der Waals surface area contributed by atoms with E-state index >= 15 is 0 Å². The van der Waals surface area contributed by atoms with Crippen molar-refractivity contribution in [2.75, 3.05) is 20.3 Å². The van der Waals surface area contributed by atoms with E-state index in [0.717, 1.165) is 12.1 Å². The fourth-order valence-corrected chi connectivity index (χ4v) is 2.70. The number of ether oxygens (including phenoxy) is 1. The third kappa shape index (κ3) is 3.64. The first kappa shape index (κ1) is 14.8. The molecule has 0 bridgehead atoms. The first-order valence-electron chi connectivity index (χ1n) is 4.81. The Morgan fingerprint density at radius 2 is 2.17 bits per heavy atom.